The molecule has 0 saturated carbocycles. The summed E-state index contributed by atoms with van der Waals surface area (Å²) in [6, 6.07) is 3.83. The summed E-state index contributed by atoms with van der Waals surface area (Å²) in [5.41, 5.74) is 1.95. The fraction of sp³-hybridized carbons (Fsp3) is 0.353. The summed E-state index contributed by atoms with van der Waals surface area (Å²) >= 11 is 4.74. The topological polar surface area (TPSA) is 54.7 Å². The number of thiophene rings is 1. The zero-order valence-electron chi connectivity index (χ0n) is 13.7. The van der Waals surface area contributed by atoms with Crippen molar-refractivity contribution in [1.29, 1.82) is 0 Å². The molecule has 0 radical (unpaired) electrons. The zero-order chi connectivity index (χ0) is 17.4. The van der Waals surface area contributed by atoms with E-state index in [1.165, 1.54) is 37.9 Å². The summed E-state index contributed by atoms with van der Waals surface area (Å²) in [6.07, 6.45) is 2.67. The van der Waals surface area contributed by atoms with Crippen LogP contribution in [0.15, 0.2) is 33.9 Å². The van der Waals surface area contributed by atoms with E-state index >= 15 is 0 Å². The predicted molar refractivity (Wildman–Crippen MR) is 104 cm³/mol. The minimum Gasteiger partial charge on any atom is -0.335 e. The lowest BCUT2D eigenvalue weighted by Crippen LogP contribution is -2.39. The number of hydrogen-bond acceptors (Lipinski definition) is 6. The Balaban J connectivity index is 1.38. The normalized spacial score (nSPS) is 17.0. The van der Waals surface area contributed by atoms with Crippen LogP contribution in [0.4, 0.5) is 0 Å². The van der Waals surface area contributed by atoms with Crippen molar-refractivity contribution >= 4 is 45.3 Å². The van der Waals surface area contributed by atoms with Crippen LogP contribution in [0.2, 0.25) is 0 Å². The first-order valence-corrected chi connectivity index (χ1v) is 10.9. The van der Waals surface area contributed by atoms with Crippen molar-refractivity contribution in [3.63, 3.8) is 0 Å². The molecule has 5 nitrogen and oxygen atoms in total. The second kappa shape index (κ2) is 6.93. The molecule has 1 aliphatic rings. The number of fused-ring (bicyclic) bond motifs is 2. The van der Waals surface area contributed by atoms with Gasteiger partial charge in [0.15, 0.2) is 4.96 Å². The summed E-state index contributed by atoms with van der Waals surface area (Å²) in [4.78, 5) is 33.1. The lowest BCUT2D eigenvalue weighted by molar-refractivity contribution is -0.130. The van der Waals surface area contributed by atoms with Crippen molar-refractivity contribution in [3.8, 4) is 0 Å². The molecule has 4 heterocycles. The fourth-order valence-electron chi connectivity index (χ4n) is 3.14. The first-order valence-electron chi connectivity index (χ1n) is 8.03. The van der Waals surface area contributed by atoms with Crippen molar-refractivity contribution in [1.82, 2.24) is 14.3 Å². The first kappa shape index (κ1) is 16.8. The molecule has 4 rings (SSSR count). The molecule has 1 atom stereocenters. The Labute approximate surface area is 157 Å². The minimum absolute atomic E-state index is 0.0668. The molecule has 0 bridgehead atoms. The van der Waals surface area contributed by atoms with E-state index in [1.807, 2.05) is 10.3 Å². The molecule has 0 N–H and O–H groups in total. The van der Waals surface area contributed by atoms with Crippen LogP contribution in [-0.2, 0) is 17.0 Å². The number of rotatable bonds is 4. The van der Waals surface area contributed by atoms with E-state index in [-0.39, 0.29) is 17.5 Å². The maximum atomic E-state index is 12.6. The molecular formula is C17H17N3O2S3. The highest BCUT2D eigenvalue weighted by molar-refractivity contribution is 7.99. The summed E-state index contributed by atoms with van der Waals surface area (Å²) in [6.45, 7) is 2.88. The summed E-state index contributed by atoms with van der Waals surface area (Å²) in [5.74, 6) is 1.14. The predicted octanol–water partition coefficient (Wildman–Crippen LogP) is 3.20. The van der Waals surface area contributed by atoms with E-state index < -0.39 is 0 Å². The van der Waals surface area contributed by atoms with Gasteiger partial charge in [-0.3, -0.25) is 14.0 Å². The zero-order valence-corrected chi connectivity index (χ0v) is 16.1. The van der Waals surface area contributed by atoms with Crippen molar-refractivity contribution in [3.05, 3.63) is 55.6 Å². The molecule has 0 aromatic carbocycles. The Kier molecular flexibility index (Phi) is 4.66. The average molecular weight is 392 g/mol. The highest BCUT2D eigenvalue weighted by Crippen LogP contribution is 2.33. The smallest absolute Gasteiger partial charge is 0.258 e. The number of carbonyl (C=O) groups is 1. The summed E-state index contributed by atoms with van der Waals surface area (Å²) < 4.78 is 1.54. The van der Waals surface area contributed by atoms with Crippen molar-refractivity contribution < 1.29 is 4.79 Å². The lowest BCUT2D eigenvalue weighted by Gasteiger charge is -2.33. The average Bonchev–Trinajstić information content (AvgIpc) is 3.24. The van der Waals surface area contributed by atoms with Crippen LogP contribution in [0.1, 0.15) is 29.1 Å². The molecule has 8 heteroatoms. The molecule has 3 aromatic heterocycles. The Morgan fingerprint density at radius 3 is 3.16 bits per heavy atom. The number of hydrogen-bond donors (Lipinski definition) is 0. The molecular weight excluding hydrogens is 374 g/mol. The van der Waals surface area contributed by atoms with E-state index in [9.17, 15) is 9.59 Å². The van der Waals surface area contributed by atoms with Gasteiger partial charge < -0.3 is 4.90 Å². The molecule has 1 unspecified atom stereocenters. The SMILES string of the molecule is CC1c2ccsc2CCN1C(=O)CSCc1cc(=O)n2ccsc2n1. The first-order chi connectivity index (χ1) is 12.1. The largest absolute Gasteiger partial charge is 0.335 e. The second-order valence-corrected chi connectivity index (χ2v) is 8.81. The molecule has 0 aliphatic carbocycles. The Morgan fingerprint density at radius 2 is 2.28 bits per heavy atom. The molecule has 0 spiro atoms. The lowest BCUT2D eigenvalue weighted by atomic mass is 10.0. The molecule has 0 saturated heterocycles. The quantitative estimate of drug-likeness (QED) is 0.685. The third kappa shape index (κ3) is 3.26. The highest BCUT2D eigenvalue weighted by atomic mass is 32.2. The van der Waals surface area contributed by atoms with Gasteiger partial charge in [0.2, 0.25) is 5.91 Å². The molecule has 1 aliphatic heterocycles. The molecule has 1 amide bonds. The monoisotopic (exact) mass is 391 g/mol. The third-order valence-corrected chi connectivity index (χ3v) is 7.13. The van der Waals surface area contributed by atoms with Gasteiger partial charge in [-0.15, -0.1) is 34.4 Å². The van der Waals surface area contributed by atoms with E-state index in [1.54, 1.807) is 23.6 Å². The van der Waals surface area contributed by atoms with Crippen LogP contribution < -0.4 is 5.56 Å². The number of thiazole rings is 1. The Bertz CT molecular complexity index is 975. The van der Waals surface area contributed by atoms with Crippen LogP contribution in [-0.4, -0.2) is 32.5 Å². The number of thioether (sulfide) groups is 1. The van der Waals surface area contributed by atoms with Crippen molar-refractivity contribution in [2.75, 3.05) is 12.3 Å². The fourth-order valence-corrected chi connectivity index (χ4v) is 5.64. The summed E-state index contributed by atoms with van der Waals surface area (Å²) in [7, 11) is 0. The van der Waals surface area contributed by atoms with Gasteiger partial charge in [-0.1, -0.05) is 0 Å². The number of nitrogens with zero attached hydrogens (tertiary/aromatic N) is 3. The van der Waals surface area contributed by atoms with Crippen LogP contribution >= 0.6 is 34.4 Å². The van der Waals surface area contributed by atoms with Crippen LogP contribution in [0.5, 0.6) is 0 Å². The van der Waals surface area contributed by atoms with Gasteiger partial charge >= 0.3 is 0 Å². The van der Waals surface area contributed by atoms with Crippen molar-refractivity contribution in [2.24, 2.45) is 0 Å². The van der Waals surface area contributed by atoms with Crippen LogP contribution in [0.3, 0.4) is 0 Å². The second-order valence-electron chi connectivity index (χ2n) is 5.95. The van der Waals surface area contributed by atoms with Gasteiger partial charge in [0.1, 0.15) is 0 Å². The van der Waals surface area contributed by atoms with Crippen molar-refractivity contribution in [2.45, 2.75) is 25.1 Å². The van der Waals surface area contributed by atoms with Crippen LogP contribution in [0.25, 0.3) is 4.96 Å². The maximum Gasteiger partial charge on any atom is 0.258 e. The summed E-state index contributed by atoms with van der Waals surface area (Å²) in [5, 5.41) is 3.95. The van der Waals surface area contributed by atoms with Crippen LogP contribution in [0, 0.1) is 0 Å². The van der Waals surface area contributed by atoms with E-state index in [0.29, 0.717) is 16.5 Å². The number of amides is 1. The highest BCUT2D eigenvalue weighted by Gasteiger charge is 2.27. The number of aromatic nitrogens is 2. The van der Waals surface area contributed by atoms with Gasteiger partial charge in [0, 0.05) is 34.8 Å². The van der Waals surface area contributed by atoms with Gasteiger partial charge in [0.25, 0.3) is 5.56 Å². The standard InChI is InChI=1S/C17H17N3O2S3/c1-11-13-3-6-24-14(13)2-4-19(11)16(22)10-23-9-12-8-15(21)20-5-7-25-17(20)18-12/h3,5-8,11H,2,4,9-10H2,1H3. The van der Waals surface area contributed by atoms with Gasteiger partial charge in [-0.05, 0) is 30.4 Å². The molecule has 130 valence electrons. The minimum atomic E-state index is -0.0668. The maximum absolute atomic E-state index is 12.6. The van der Waals surface area contributed by atoms with Gasteiger partial charge in [0.05, 0.1) is 17.5 Å². The Morgan fingerprint density at radius 1 is 1.40 bits per heavy atom. The van der Waals surface area contributed by atoms with E-state index in [4.69, 9.17) is 0 Å². The van der Waals surface area contributed by atoms with Gasteiger partial charge in [-0.25, -0.2) is 4.98 Å². The third-order valence-electron chi connectivity index (χ3n) is 4.43. The number of carbonyl (C=O) groups excluding carboxylic acids is 1. The molecule has 25 heavy (non-hydrogen) atoms. The van der Waals surface area contributed by atoms with Gasteiger partial charge in [-0.2, -0.15) is 0 Å². The Hall–Kier alpha value is -1.64. The van der Waals surface area contributed by atoms with E-state index in [0.717, 1.165) is 18.7 Å². The molecule has 3 aromatic rings. The van der Waals surface area contributed by atoms with E-state index in [2.05, 4.69) is 23.4 Å². The molecule has 0 fully saturated rings.